The van der Waals surface area contributed by atoms with Gasteiger partial charge in [-0.2, -0.15) is 0 Å². The summed E-state index contributed by atoms with van der Waals surface area (Å²) < 4.78 is 27.2. The maximum absolute atomic E-state index is 5.50. The Morgan fingerprint density at radius 2 is 2.00 bits per heavy atom. The van der Waals surface area contributed by atoms with Crippen LogP contribution < -0.4 is 0 Å². The second kappa shape index (κ2) is 6.66. The van der Waals surface area contributed by atoms with Crippen molar-refractivity contribution in [1.29, 1.82) is 0 Å². The summed E-state index contributed by atoms with van der Waals surface area (Å²) in [6, 6.07) is 0. The highest BCUT2D eigenvalue weighted by Gasteiger charge is 2.32. The molecule has 17 heavy (non-hydrogen) atoms. The van der Waals surface area contributed by atoms with Crippen LogP contribution in [0.15, 0.2) is 12.3 Å². The van der Waals surface area contributed by atoms with Crippen molar-refractivity contribution in [3.8, 4) is 0 Å². The van der Waals surface area contributed by atoms with Crippen molar-refractivity contribution in [1.82, 2.24) is 0 Å². The zero-order valence-electron chi connectivity index (χ0n) is 10.2. The van der Waals surface area contributed by atoms with Crippen LogP contribution in [-0.4, -0.2) is 31.7 Å². The molecule has 2 aliphatic rings. The summed E-state index contributed by atoms with van der Waals surface area (Å²) in [6.07, 6.45) is 5.64. The predicted molar refractivity (Wildman–Crippen MR) is 63.2 cm³/mol. The summed E-state index contributed by atoms with van der Waals surface area (Å²) in [6.45, 7) is 4.92. The molecule has 3 atom stereocenters. The number of ether oxygens (including phenoxy) is 2. The van der Waals surface area contributed by atoms with E-state index in [0.29, 0.717) is 13.2 Å². The Kier molecular flexibility index (Phi) is 5.19. The van der Waals surface area contributed by atoms with Crippen molar-refractivity contribution in [2.24, 2.45) is 0 Å². The van der Waals surface area contributed by atoms with Gasteiger partial charge >= 0.3 is 8.60 Å². The van der Waals surface area contributed by atoms with Gasteiger partial charge in [-0.3, -0.25) is 0 Å². The quantitative estimate of drug-likeness (QED) is 0.563. The Morgan fingerprint density at radius 1 is 1.24 bits per heavy atom. The first-order chi connectivity index (χ1) is 8.25. The van der Waals surface area contributed by atoms with Crippen molar-refractivity contribution in [2.75, 3.05) is 13.2 Å². The normalized spacial score (nSPS) is 37.1. The van der Waals surface area contributed by atoms with Crippen LogP contribution in [0.3, 0.4) is 0 Å². The first-order valence-corrected chi connectivity index (χ1v) is 7.04. The third kappa shape index (κ3) is 4.19. The van der Waals surface area contributed by atoms with Gasteiger partial charge in [0.15, 0.2) is 6.29 Å². The highest BCUT2D eigenvalue weighted by molar-refractivity contribution is 7.42. The lowest BCUT2D eigenvalue weighted by atomic mass is 10.3. The first-order valence-electron chi connectivity index (χ1n) is 5.94. The lowest BCUT2D eigenvalue weighted by Crippen LogP contribution is -2.19. The van der Waals surface area contributed by atoms with Crippen LogP contribution in [0.4, 0.5) is 0 Å². The number of allylic oxidation sites excluding steroid dienone is 1. The molecule has 0 N–H and O–H groups in total. The average Bonchev–Trinajstić information content (AvgIpc) is 2.66. The zero-order valence-corrected chi connectivity index (χ0v) is 11.1. The zero-order chi connectivity index (χ0) is 12.1. The summed E-state index contributed by atoms with van der Waals surface area (Å²) >= 11 is 0. The fourth-order valence-electron chi connectivity index (χ4n) is 1.45. The van der Waals surface area contributed by atoms with Gasteiger partial charge in [0.05, 0.1) is 31.7 Å². The van der Waals surface area contributed by atoms with Crippen molar-refractivity contribution in [2.45, 2.75) is 45.2 Å². The lowest BCUT2D eigenvalue weighted by molar-refractivity contribution is -0.120. The predicted octanol–water partition coefficient (Wildman–Crippen LogP) is 2.72. The molecule has 1 saturated heterocycles. The maximum Gasteiger partial charge on any atom is 0.333 e. The average molecular weight is 262 g/mol. The van der Waals surface area contributed by atoms with Crippen LogP contribution in [0.2, 0.25) is 0 Å². The van der Waals surface area contributed by atoms with Crippen LogP contribution in [0.1, 0.15) is 26.7 Å². The standard InChI is InChI=1S/C11H19O5P/c1-9-10(2)16-17(15-9)14-8-7-13-11-5-3-4-6-12-11/h4,6,9-11H,3,5,7-8H2,1-2H3. The van der Waals surface area contributed by atoms with Gasteiger partial charge < -0.3 is 23.0 Å². The van der Waals surface area contributed by atoms with Crippen LogP contribution >= 0.6 is 8.60 Å². The van der Waals surface area contributed by atoms with E-state index in [2.05, 4.69) is 0 Å². The van der Waals surface area contributed by atoms with Crippen LogP contribution in [0.25, 0.3) is 0 Å². The second-order valence-electron chi connectivity index (χ2n) is 4.06. The van der Waals surface area contributed by atoms with Gasteiger partial charge in [0, 0.05) is 6.42 Å². The summed E-state index contributed by atoms with van der Waals surface area (Å²) in [4.78, 5) is 0. The van der Waals surface area contributed by atoms with Gasteiger partial charge in [0.25, 0.3) is 0 Å². The largest absolute Gasteiger partial charge is 0.473 e. The molecule has 3 unspecified atom stereocenters. The molecule has 0 aromatic heterocycles. The molecule has 0 aliphatic carbocycles. The molecule has 5 nitrogen and oxygen atoms in total. The molecular formula is C11H19O5P. The van der Waals surface area contributed by atoms with E-state index in [1.807, 2.05) is 19.9 Å². The van der Waals surface area contributed by atoms with E-state index in [-0.39, 0.29) is 18.5 Å². The molecule has 0 radical (unpaired) electrons. The molecule has 1 fully saturated rings. The molecule has 0 spiro atoms. The third-order valence-corrected chi connectivity index (χ3v) is 4.05. The van der Waals surface area contributed by atoms with Crippen molar-refractivity contribution < 1.29 is 23.0 Å². The van der Waals surface area contributed by atoms with Crippen molar-refractivity contribution in [3.63, 3.8) is 0 Å². The van der Waals surface area contributed by atoms with E-state index in [9.17, 15) is 0 Å². The highest BCUT2D eigenvalue weighted by atomic mass is 31.2. The van der Waals surface area contributed by atoms with Gasteiger partial charge in [0.1, 0.15) is 0 Å². The Balaban J connectivity index is 1.53. The third-order valence-electron chi connectivity index (χ3n) is 2.65. The number of hydrogen-bond donors (Lipinski definition) is 0. The Labute approximate surface area is 103 Å². The lowest BCUT2D eigenvalue weighted by Gasteiger charge is -2.19. The van der Waals surface area contributed by atoms with Gasteiger partial charge in [-0.1, -0.05) is 0 Å². The summed E-state index contributed by atoms with van der Waals surface area (Å²) in [5.74, 6) is 0. The molecule has 0 aromatic rings. The van der Waals surface area contributed by atoms with Crippen LogP contribution in [0, 0.1) is 0 Å². The van der Waals surface area contributed by atoms with E-state index >= 15 is 0 Å². The summed E-state index contributed by atoms with van der Waals surface area (Å²) in [5, 5.41) is 0. The number of hydrogen-bond acceptors (Lipinski definition) is 5. The van der Waals surface area contributed by atoms with E-state index in [1.54, 1.807) is 6.26 Å². The molecule has 2 heterocycles. The van der Waals surface area contributed by atoms with Gasteiger partial charge in [-0.15, -0.1) is 0 Å². The Bertz CT molecular complexity index is 250. The maximum atomic E-state index is 5.50. The summed E-state index contributed by atoms with van der Waals surface area (Å²) in [5.41, 5.74) is 0. The van der Waals surface area contributed by atoms with E-state index in [4.69, 9.17) is 23.0 Å². The van der Waals surface area contributed by atoms with Crippen molar-refractivity contribution in [3.05, 3.63) is 12.3 Å². The number of rotatable bonds is 5. The molecule has 6 heteroatoms. The summed E-state index contributed by atoms with van der Waals surface area (Å²) in [7, 11) is -1.19. The second-order valence-corrected chi connectivity index (χ2v) is 5.19. The molecule has 0 saturated carbocycles. The van der Waals surface area contributed by atoms with Crippen LogP contribution in [-0.2, 0) is 23.0 Å². The minimum atomic E-state index is -1.19. The molecule has 2 rings (SSSR count). The van der Waals surface area contributed by atoms with Gasteiger partial charge in [-0.05, 0) is 26.3 Å². The molecule has 2 aliphatic heterocycles. The van der Waals surface area contributed by atoms with Crippen LogP contribution in [0.5, 0.6) is 0 Å². The Hall–Kier alpha value is -0.190. The van der Waals surface area contributed by atoms with Gasteiger partial charge in [0.2, 0.25) is 0 Å². The topological polar surface area (TPSA) is 46.2 Å². The fraction of sp³-hybridized carbons (Fsp3) is 0.818. The van der Waals surface area contributed by atoms with E-state index < -0.39 is 8.60 Å². The minimum absolute atomic E-state index is 0.105. The highest BCUT2D eigenvalue weighted by Crippen LogP contribution is 2.48. The molecule has 0 aromatic carbocycles. The SMILES string of the molecule is CC1OP(OCCOC2CCC=CO2)OC1C. The molecular weight excluding hydrogens is 243 g/mol. The first kappa shape index (κ1) is 13.2. The van der Waals surface area contributed by atoms with Gasteiger partial charge in [-0.25, -0.2) is 0 Å². The fourth-order valence-corrected chi connectivity index (χ4v) is 2.74. The van der Waals surface area contributed by atoms with E-state index in [0.717, 1.165) is 12.8 Å². The minimum Gasteiger partial charge on any atom is -0.473 e. The molecule has 0 amide bonds. The Morgan fingerprint density at radius 3 is 2.65 bits per heavy atom. The molecule has 0 bridgehead atoms. The van der Waals surface area contributed by atoms with E-state index in [1.165, 1.54) is 0 Å². The van der Waals surface area contributed by atoms with Crippen molar-refractivity contribution >= 4 is 8.60 Å². The monoisotopic (exact) mass is 262 g/mol. The molecule has 98 valence electrons. The smallest absolute Gasteiger partial charge is 0.333 e.